The molecule has 2 N–H and O–H groups in total. The van der Waals surface area contributed by atoms with Crippen LogP contribution in [0.3, 0.4) is 0 Å². The van der Waals surface area contributed by atoms with Crippen LogP contribution in [0.15, 0.2) is 12.3 Å². The molecule has 114 valence electrons. The van der Waals surface area contributed by atoms with Crippen molar-refractivity contribution in [2.75, 3.05) is 7.11 Å². The highest BCUT2D eigenvalue weighted by molar-refractivity contribution is 5.03. The molecule has 20 heavy (non-hydrogen) atoms. The van der Waals surface area contributed by atoms with Gasteiger partial charge < -0.3 is 10.5 Å². The van der Waals surface area contributed by atoms with E-state index in [1.807, 2.05) is 0 Å². The van der Waals surface area contributed by atoms with E-state index in [0.29, 0.717) is 6.04 Å². The molecule has 1 fully saturated rings. The second-order valence-corrected chi connectivity index (χ2v) is 6.71. The Morgan fingerprint density at radius 3 is 2.75 bits per heavy atom. The number of nitrogens with two attached hydrogens (primary N) is 1. The van der Waals surface area contributed by atoms with Gasteiger partial charge in [0.15, 0.2) is 0 Å². The lowest BCUT2D eigenvalue weighted by Gasteiger charge is -2.26. The van der Waals surface area contributed by atoms with Gasteiger partial charge in [-0.05, 0) is 39.2 Å². The third kappa shape index (κ3) is 4.32. The van der Waals surface area contributed by atoms with Crippen molar-refractivity contribution in [1.82, 2.24) is 9.78 Å². The quantitative estimate of drug-likeness (QED) is 0.870. The summed E-state index contributed by atoms with van der Waals surface area (Å²) in [5.74, 6) is 0. The van der Waals surface area contributed by atoms with Crippen molar-refractivity contribution >= 4 is 0 Å². The van der Waals surface area contributed by atoms with Crippen molar-refractivity contribution in [3.63, 3.8) is 0 Å². The average molecular weight is 279 g/mol. The molecule has 2 rings (SSSR count). The minimum Gasteiger partial charge on any atom is -0.379 e. The molecule has 1 aliphatic carbocycles. The zero-order chi connectivity index (χ0) is 14.6. The Hall–Kier alpha value is -0.870. The van der Waals surface area contributed by atoms with E-state index in [1.165, 1.54) is 32.1 Å². The van der Waals surface area contributed by atoms with Crippen LogP contribution in [-0.4, -0.2) is 28.5 Å². The molecule has 0 saturated heterocycles. The summed E-state index contributed by atoms with van der Waals surface area (Å²) in [4.78, 5) is 0. The van der Waals surface area contributed by atoms with Crippen LogP contribution in [0, 0.1) is 0 Å². The van der Waals surface area contributed by atoms with Gasteiger partial charge in [0, 0.05) is 25.8 Å². The molecule has 1 unspecified atom stereocenters. The topological polar surface area (TPSA) is 53.1 Å². The summed E-state index contributed by atoms with van der Waals surface area (Å²) in [6.07, 6.45) is 10.4. The van der Waals surface area contributed by atoms with Crippen molar-refractivity contribution in [3.05, 3.63) is 18.0 Å². The van der Waals surface area contributed by atoms with E-state index in [9.17, 15) is 0 Å². The third-order valence-corrected chi connectivity index (χ3v) is 4.39. The van der Waals surface area contributed by atoms with Crippen LogP contribution in [0.2, 0.25) is 0 Å². The zero-order valence-electron chi connectivity index (χ0n) is 13.1. The van der Waals surface area contributed by atoms with Gasteiger partial charge in [-0.3, -0.25) is 4.68 Å². The highest BCUT2D eigenvalue weighted by Crippen LogP contribution is 2.27. The number of aromatic nitrogens is 2. The van der Waals surface area contributed by atoms with E-state index in [2.05, 4.69) is 30.8 Å². The molecule has 4 nitrogen and oxygen atoms in total. The highest BCUT2D eigenvalue weighted by atomic mass is 16.5. The molecule has 1 atom stereocenters. The fourth-order valence-electron chi connectivity index (χ4n) is 3.09. The van der Waals surface area contributed by atoms with Crippen LogP contribution >= 0.6 is 0 Å². The molecule has 0 bridgehead atoms. The maximum Gasteiger partial charge on any atom is 0.0640 e. The molecule has 1 aromatic heterocycles. The first-order valence-corrected chi connectivity index (χ1v) is 7.85. The Balaban J connectivity index is 1.88. The van der Waals surface area contributed by atoms with Crippen LogP contribution in [-0.2, 0) is 11.2 Å². The highest BCUT2D eigenvalue weighted by Gasteiger charge is 2.22. The normalized spacial score (nSPS) is 19.2. The Morgan fingerprint density at radius 1 is 1.40 bits per heavy atom. The Bertz CT molecular complexity index is 408. The minimum absolute atomic E-state index is 0.0969. The number of rotatable bonds is 6. The molecule has 0 spiro atoms. The molecule has 0 radical (unpaired) electrons. The molecule has 1 aromatic rings. The molecule has 0 aliphatic heterocycles. The van der Waals surface area contributed by atoms with Gasteiger partial charge in [-0.2, -0.15) is 5.10 Å². The van der Waals surface area contributed by atoms with Gasteiger partial charge >= 0.3 is 0 Å². The molecule has 0 aromatic carbocycles. The smallest absolute Gasteiger partial charge is 0.0640 e. The SMILES string of the molecule is COC(C)(C)CC(N)Cc1ccn(C2CCCCC2)n1. The van der Waals surface area contributed by atoms with Gasteiger partial charge in [-0.15, -0.1) is 0 Å². The summed E-state index contributed by atoms with van der Waals surface area (Å²) in [7, 11) is 1.74. The van der Waals surface area contributed by atoms with Crippen LogP contribution in [0.5, 0.6) is 0 Å². The first kappa shape index (κ1) is 15.5. The number of ether oxygens (including phenoxy) is 1. The molecule has 0 amide bonds. The van der Waals surface area contributed by atoms with Gasteiger partial charge in [0.2, 0.25) is 0 Å². The molecule has 4 heteroatoms. The van der Waals surface area contributed by atoms with Crippen molar-refractivity contribution in [1.29, 1.82) is 0 Å². The van der Waals surface area contributed by atoms with Gasteiger partial charge in [0.1, 0.15) is 0 Å². The molecular formula is C16H29N3O. The Morgan fingerprint density at radius 2 is 2.10 bits per heavy atom. The summed E-state index contributed by atoms with van der Waals surface area (Å²) in [5.41, 5.74) is 7.17. The Labute approximate surface area is 122 Å². The number of methoxy groups -OCH3 is 1. The third-order valence-electron chi connectivity index (χ3n) is 4.39. The van der Waals surface area contributed by atoms with Crippen molar-refractivity contribution < 1.29 is 4.74 Å². The summed E-state index contributed by atoms with van der Waals surface area (Å²) >= 11 is 0. The van der Waals surface area contributed by atoms with Gasteiger partial charge in [-0.1, -0.05) is 19.3 Å². The van der Waals surface area contributed by atoms with E-state index in [-0.39, 0.29) is 11.6 Å². The molecule has 1 aliphatic rings. The van der Waals surface area contributed by atoms with E-state index >= 15 is 0 Å². The van der Waals surface area contributed by atoms with Crippen LogP contribution in [0.25, 0.3) is 0 Å². The lowest BCUT2D eigenvalue weighted by Crippen LogP contribution is -2.35. The van der Waals surface area contributed by atoms with E-state index in [4.69, 9.17) is 15.6 Å². The second kappa shape index (κ2) is 6.72. The van der Waals surface area contributed by atoms with Crippen LogP contribution < -0.4 is 5.73 Å². The maximum absolute atomic E-state index is 6.23. The summed E-state index contributed by atoms with van der Waals surface area (Å²) < 4.78 is 7.60. The molecular weight excluding hydrogens is 250 g/mol. The lowest BCUT2D eigenvalue weighted by molar-refractivity contribution is 0.0101. The average Bonchev–Trinajstić information content (AvgIpc) is 2.87. The lowest BCUT2D eigenvalue weighted by atomic mass is 9.96. The predicted molar refractivity (Wildman–Crippen MR) is 81.7 cm³/mol. The Kier molecular flexibility index (Phi) is 5.22. The van der Waals surface area contributed by atoms with Crippen LogP contribution in [0.1, 0.15) is 64.1 Å². The van der Waals surface area contributed by atoms with Crippen molar-refractivity contribution in [2.24, 2.45) is 5.73 Å². The van der Waals surface area contributed by atoms with Gasteiger partial charge in [0.25, 0.3) is 0 Å². The second-order valence-electron chi connectivity index (χ2n) is 6.71. The fourth-order valence-corrected chi connectivity index (χ4v) is 3.09. The summed E-state index contributed by atoms with van der Waals surface area (Å²) in [6, 6.07) is 2.82. The van der Waals surface area contributed by atoms with E-state index in [1.54, 1.807) is 7.11 Å². The summed E-state index contributed by atoms with van der Waals surface area (Å²) in [5, 5.41) is 4.73. The standard InChI is InChI=1S/C16H29N3O/c1-16(2,20-3)12-13(17)11-14-9-10-19(18-14)15-7-5-4-6-8-15/h9-10,13,15H,4-8,11-12,17H2,1-3H3. The monoisotopic (exact) mass is 279 g/mol. The van der Waals surface area contributed by atoms with Gasteiger partial charge in [0.05, 0.1) is 17.3 Å². The minimum atomic E-state index is -0.161. The van der Waals surface area contributed by atoms with E-state index < -0.39 is 0 Å². The van der Waals surface area contributed by atoms with Gasteiger partial charge in [-0.25, -0.2) is 0 Å². The van der Waals surface area contributed by atoms with Crippen LogP contribution in [0.4, 0.5) is 0 Å². The number of hydrogen-bond donors (Lipinski definition) is 1. The zero-order valence-corrected chi connectivity index (χ0v) is 13.1. The maximum atomic E-state index is 6.23. The molecule has 1 saturated carbocycles. The first-order chi connectivity index (χ1) is 9.50. The number of hydrogen-bond acceptors (Lipinski definition) is 3. The van der Waals surface area contributed by atoms with Crippen molar-refractivity contribution in [3.8, 4) is 0 Å². The number of nitrogens with zero attached hydrogens (tertiary/aromatic N) is 2. The largest absolute Gasteiger partial charge is 0.379 e. The van der Waals surface area contributed by atoms with E-state index in [0.717, 1.165) is 18.5 Å². The first-order valence-electron chi connectivity index (χ1n) is 7.85. The predicted octanol–water partition coefficient (Wildman–Crippen LogP) is 3.07. The van der Waals surface area contributed by atoms with Crippen molar-refractivity contribution in [2.45, 2.75) is 76.5 Å². The fraction of sp³-hybridized carbons (Fsp3) is 0.812. The molecule has 1 heterocycles. The summed E-state index contributed by atoms with van der Waals surface area (Å²) in [6.45, 7) is 4.15.